The second-order valence-corrected chi connectivity index (χ2v) is 4.18. The maximum Gasteiger partial charge on any atom is 0.354 e. The number of thioether (sulfide) groups is 1. The van der Waals surface area contributed by atoms with Crippen molar-refractivity contribution in [2.45, 2.75) is 0 Å². The van der Waals surface area contributed by atoms with Crippen LogP contribution < -0.4 is 5.32 Å². The number of carboxylic acids is 1. The van der Waals surface area contributed by atoms with Crippen LogP contribution in [-0.4, -0.2) is 34.1 Å². The van der Waals surface area contributed by atoms with Crippen molar-refractivity contribution in [3.8, 4) is 0 Å². The Morgan fingerprint density at radius 3 is 3.19 bits per heavy atom. The van der Waals surface area contributed by atoms with E-state index in [1.807, 2.05) is 6.08 Å². The average molecular weight is 238 g/mol. The molecule has 4 nitrogen and oxygen atoms in total. The third-order valence-electron chi connectivity index (χ3n) is 1.79. The molecule has 0 atom stereocenters. The van der Waals surface area contributed by atoms with Gasteiger partial charge in [-0.3, -0.25) is 0 Å². The first kappa shape index (κ1) is 12.6. The Morgan fingerprint density at radius 2 is 2.50 bits per heavy atom. The Kier molecular flexibility index (Phi) is 5.42. The smallest absolute Gasteiger partial charge is 0.354 e. The van der Waals surface area contributed by atoms with Crippen molar-refractivity contribution in [2.75, 3.05) is 23.4 Å². The first-order chi connectivity index (χ1) is 7.74. The van der Waals surface area contributed by atoms with Gasteiger partial charge in [0, 0.05) is 29.9 Å². The summed E-state index contributed by atoms with van der Waals surface area (Å²) in [7, 11) is 0. The van der Waals surface area contributed by atoms with Gasteiger partial charge < -0.3 is 10.4 Å². The molecule has 0 amide bonds. The summed E-state index contributed by atoms with van der Waals surface area (Å²) in [5, 5.41) is 11.9. The summed E-state index contributed by atoms with van der Waals surface area (Å²) in [6.07, 6.45) is 3.35. The van der Waals surface area contributed by atoms with Crippen LogP contribution in [0.1, 0.15) is 10.5 Å². The highest BCUT2D eigenvalue weighted by Gasteiger charge is 2.03. The number of carboxylic acid groups (broad SMARTS) is 1. The number of aromatic carboxylic acids is 1. The predicted molar refractivity (Wildman–Crippen MR) is 67.2 cm³/mol. The SMILES string of the molecule is C=CCSCCNc1ccnc(C(=O)O)c1. The molecule has 1 aromatic heterocycles. The Balaban J connectivity index is 2.39. The minimum absolute atomic E-state index is 0.0590. The molecule has 2 N–H and O–H groups in total. The molecule has 0 saturated heterocycles. The van der Waals surface area contributed by atoms with Crippen LogP contribution in [-0.2, 0) is 0 Å². The second kappa shape index (κ2) is 6.90. The maximum absolute atomic E-state index is 10.7. The van der Waals surface area contributed by atoms with E-state index in [1.165, 1.54) is 12.3 Å². The predicted octanol–water partition coefficient (Wildman–Crippen LogP) is 2.11. The number of aromatic nitrogens is 1. The second-order valence-electron chi connectivity index (χ2n) is 3.03. The zero-order valence-corrected chi connectivity index (χ0v) is 9.67. The van der Waals surface area contributed by atoms with E-state index in [9.17, 15) is 4.79 Å². The van der Waals surface area contributed by atoms with E-state index >= 15 is 0 Å². The van der Waals surface area contributed by atoms with Gasteiger partial charge in [-0.05, 0) is 12.1 Å². The van der Waals surface area contributed by atoms with Gasteiger partial charge in [-0.1, -0.05) is 6.08 Å². The van der Waals surface area contributed by atoms with E-state index in [-0.39, 0.29) is 5.69 Å². The van der Waals surface area contributed by atoms with E-state index in [4.69, 9.17) is 5.11 Å². The van der Waals surface area contributed by atoms with Crippen molar-refractivity contribution < 1.29 is 9.90 Å². The monoisotopic (exact) mass is 238 g/mol. The molecule has 5 heteroatoms. The van der Waals surface area contributed by atoms with Gasteiger partial charge >= 0.3 is 5.97 Å². The Hall–Kier alpha value is -1.49. The van der Waals surface area contributed by atoms with Crippen molar-refractivity contribution in [1.29, 1.82) is 0 Å². The lowest BCUT2D eigenvalue weighted by Crippen LogP contribution is -2.06. The average Bonchev–Trinajstić information content (AvgIpc) is 2.29. The largest absolute Gasteiger partial charge is 0.477 e. The van der Waals surface area contributed by atoms with Gasteiger partial charge in [-0.15, -0.1) is 6.58 Å². The van der Waals surface area contributed by atoms with E-state index in [1.54, 1.807) is 17.8 Å². The van der Waals surface area contributed by atoms with E-state index in [2.05, 4.69) is 16.9 Å². The molecule has 0 bridgehead atoms. The molecule has 0 aliphatic rings. The molecule has 1 aromatic rings. The first-order valence-electron chi connectivity index (χ1n) is 4.86. The summed E-state index contributed by atoms with van der Waals surface area (Å²) in [6.45, 7) is 4.43. The minimum atomic E-state index is -1.01. The van der Waals surface area contributed by atoms with Gasteiger partial charge in [0.2, 0.25) is 0 Å². The molecule has 0 aliphatic heterocycles. The molecular weight excluding hydrogens is 224 g/mol. The summed E-state index contributed by atoms with van der Waals surface area (Å²) >= 11 is 1.77. The van der Waals surface area contributed by atoms with E-state index < -0.39 is 5.97 Å². The van der Waals surface area contributed by atoms with Crippen LogP contribution in [0.3, 0.4) is 0 Å². The van der Waals surface area contributed by atoms with Crippen LogP contribution in [0.25, 0.3) is 0 Å². The van der Waals surface area contributed by atoms with Crippen LogP contribution in [0.15, 0.2) is 31.0 Å². The molecule has 86 valence electrons. The third-order valence-corrected chi connectivity index (χ3v) is 2.75. The number of pyridine rings is 1. The summed E-state index contributed by atoms with van der Waals surface area (Å²) in [5.74, 6) is 0.875. The quantitative estimate of drug-likeness (QED) is 0.562. The Labute approximate surface area is 98.8 Å². The molecule has 0 fully saturated rings. The molecule has 0 radical (unpaired) electrons. The van der Waals surface area contributed by atoms with Crippen LogP contribution in [0.4, 0.5) is 5.69 Å². The number of hydrogen-bond acceptors (Lipinski definition) is 4. The lowest BCUT2D eigenvalue weighted by Gasteiger charge is -2.05. The van der Waals surface area contributed by atoms with Crippen LogP contribution >= 0.6 is 11.8 Å². The number of hydrogen-bond donors (Lipinski definition) is 2. The topological polar surface area (TPSA) is 62.2 Å². The molecule has 1 rings (SSSR count). The first-order valence-corrected chi connectivity index (χ1v) is 6.01. The highest BCUT2D eigenvalue weighted by Crippen LogP contribution is 2.08. The van der Waals surface area contributed by atoms with Crippen molar-refractivity contribution in [3.05, 3.63) is 36.7 Å². The summed E-state index contributed by atoms with van der Waals surface area (Å²) in [6, 6.07) is 3.28. The molecule has 0 spiro atoms. The van der Waals surface area contributed by atoms with Gasteiger partial charge in [0.1, 0.15) is 5.69 Å². The minimum Gasteiger partial charge on any atom is -0.477 e. The Morgan fingerprint density at radius 1 is 1.69 bits per heavy atom. The molecular formula is C11H14N2O2S. The Bertz CT molecular complexity index is 369. The van der Waals surface area contributed by atoms with Crippen LogP contribution in [0, 0.1) is 0 Å². The molecule has 0 aliphatic carbocycles. The van der Waals surface area contributed by atoms with Crippen LogP contribution in [0.5, 0.6) is 0 Å². The molecule has 0 unspecified atom stereocenters. The summed E-state index contributed by atoms with van der Waals surface area (Å²) < 4.78 is 0. The van der Waals surface area contributed by atoms with Crippen molar-refractivity contribution in [3.63, 3.8) is 0 Å². The lowest BCUT2D eigenvalue weighted by molar-refractivity contribution is 0.0690. The van der Waals surface area contributed by atoms with Gasteiger partial charge in [0.15, 0.2) is 0 Å². The van der Waals surface area contributed by atoms with Gasteiger partial charge in [0.05, 0.1) is 0 Å². The van der Waals surface area contributed by atoms with Gasteiger partial charge in [0.25, 0.3) is 0 Å². The maximum atomic E-state index is 10.7. The number of nitrogens with one attached hydrogen (secondary N) is 1. The zero-order valence-electron chi connectivity index (χ0n) is 8.85. The normalized spacial score (nSPS) is 9.75. The fourth-order valence-electron chi connectivity index (χ4n) is 1.09. The summed E-state index contributed by atoms with van der Waals surface area (Å²) in [4.78, 5) is 14.4. The van der Waals surface area contributed by atoms with E-state index in [0.717, 1.165) is 23.7 Å². The fourth-order valence-corrected chi connectivity index (χ4v) is 1.67. The number of rotatable bonds is 7. The summed E-state index contributed by atoms with van der Waals surface area (Å²) in [5.41, 5.74) is 0.843. The number of carbonyl (C=O) groups is 1. The molecule has 0 saturated carbocycles. The van der Waals surface area contributed by atoms with Crippen molar-refractivity contribution in [2.24, 2.45) is 0 Å². The van der Waals surface area contributed by atoms with Crippen molar-refractivity contribution in [1.82, 2.24) is 4.98 Å². The van der Waals surface area contributed by atoms with Crippen molar-refractivity contribution >= 4 is 23.4 Å². The molecule has 16 heavy (non-hydrogen) atoms. The third kappa shape index (κ3) is 4.35. The standard InChI is InChI=1S/C11H14N2O2S/c1-2-6-16-7-5-12-9-3-4-13-10(8-9)11(14)15/h2-4,8H,1,5-7H2,(H,12,13)(H,14,15). The zero-order chi connectivity index (χ0) is 11.8. The highest BCUT2D eigenvalue weighted by molar-refractivity contribution is 7.99. The number of nitrogens with zero attached hydrogens (tertiary/aromatic N) is 1. The lowest BCUT2D eigenvalue weighted by atomic mass is 10.3. The number of anilines is 1. The molecule has 0 aromatic carbocycles. The van der Waals surface area contributed by atoms with E-state index in [0.29, 0.717) is 0 Å². The molecule has 1 heterocycles. The van der Waals surface area contributed by atoms with Gasteiger partial charge in [-0.25, -0.2) is 9.78 Å². The fraction of sp³-hybridized carbons (Fsp3) is 0.273. The van der Waals surface area contributed by atoms with Gasteiger partial charge in [-0.2, -0.15) is 11.8 Å². The van der Waals surface area contributed by atoms with Crippen LogP contribution in [0.2, 0.25) is 0 Å². The highest BCUT2D eigenvalue weighted by atomic mass is 32.2.